The van der Waals surface area contributed by atoms with Crippen LogP contribution in [0.1, 0.15) is 100 Å². The standard InChI is InChI=1S/C20H40/c1-9-13-16-14-19(7,11-3)17(16)20(8,12-4)15-18(5,6)10-2/h16-17H,9-15H2,1-8H3. The van der Waals surface area contributed by atoms with Crippen LogP contribution in [-0.4, -0.2) is 0 Å². The minimum absolute atomic E-state index is 0.492. The summed E-state index contributed by atoms with van der Waals surface area (Å²) >= 11 is 0. The molecular weight excluding hydrogens is 240 g/mol. The summed E-state index contributed by atoms with van der Waals surface area (Å²) in [6.45, 7) is 19.7. The van der Waals surface area contributed by atoms with Gasteiger partial charge in [-0.15, -0.1) is 0 Å². The van der Waals surface area contributed by atoms with Gasteiger partial charge in [0, 0.05) is 0 Å². The lowest BCUT2D eigenvalue weighted by Crippen LogP contribution is -2.54. The highest BCUT2D eigenvalue weighted by atomic mass is 14.6. The second-order valence-corrected chi connectivity index (χ2v) is 8.94. The smallest absolute Gasteiger partial charge is 0.0277 e. The summed E-state index contributed by atoms with van der Waals surface area (Å²) < 4.78 is 0. The highest BCUT2D eigenvalue weighted by molar-refractivity contribution is 5.05. The molecule has 1 aliphatic carbocycles. The van der Waals surface area contributed by atoms with E-state index >= 15 is 0 Å². The molecule has 4 unspecified atom stereocenters. The Bertz CT molecular complexity index is 303. The fourth-order valence-electron chi connectivity index (χ4n) is 5.34. The second-order valence-electron chi connectivity index (χ2n) is 8.94. The SMILES string of the molecule is CCCC1CC(C)(CC)C1C(C)(CC)CC(C)(C)CC. The van der Waals surface area contributed by atoms with Crippen molar-refractivity contribution in [3.8, 4) is 0 Å². The number of hydrogen-bond acceptors (Lipinski definition) is 0. The summed E-state index contributed by atoms with van der Waals surface area (Å²) in [6, 6.07) is 0. The topological polar surface area (TPSA) is 0 Å². The van der Waals surface area contributed by atoms with E-state index < -0.39 is 0 Å². The average Bonchev–Trinajstić information content (AvgIpc) is 2.37. The molecule has 0 bridgehead atoms. The monoisotopic (exact) mass is 280 g/mol. The van der Waals surface area contributed by atoms with E-state index in [1.165, 1.54) is 44.9 Å². The van der Waals surface area contributed by atoms with Gasteiger partial charge in [-0.3, -0.25) is 0 Å². The minimum Gasteiger partial charge on any atom is -0.0654 e. The quantitative estimate of drug-likeness (QED) is 0.445. The highest BCUT2D eigenvalue weighted by Crippen LogP contribution is 2.64. The Morgan fingerprint density at radius 3 is 2.00 bits per heavy atom. The van der Waals surface area contributed by atoms with Crippen LogP contribution in [-0.2, 0) is 0 Å². The molecule has 0 nitrogen and oxygen atoms in total. The van der Waals surface area contributed by atoms with Crippen molar-refractivity contribution < 1.29 is 0 Å². The lowest BCUT2D eigenvalue weighted by molar-refractivity contribution is -0.130. The molecule has 1 saturated carbocycles. The van der Waals surface area contributed by atoms with Crippen molar-refractivity contribution in [3.05, 3.63) is 0 Å². The molecule has 0 saturated heterocycles. The number of hydrogen-bond donors (Lipinski definition) is 0. The first kappa shape index (κ1) is 18.1. The minimum atomic E-state index is 0.492. The van der Waals surface area contributed by atoms with E-state index in [2.05, 4.69) is 55.4 Å². The van der Waals surface area contributed by atoms with Crippen molar-refractivity contribution >= 4 is 0 Å². The van der Waals surface area contributed by atoms with Crippen molar-refractivity contribution in [1.82, 2.24) is 0 Å². The van der Waals surface area contributed by atoms with Crippen LogP contribution in [0.25, 0.3) is 0 Å². The van der Waals surface area contributed by atoms with Crippen LogP contribution in [0, 0.1) is 28.1 Å². The van der Waals surface area contributed by atoms with E-state index in [1.54, 1.807) is 0 Å². The first-order valence-corrected chi connectivity index (χ1v) is 9.18. The molecule has 4 atom stereocenters. The molecule has 0 aromatic carbocycles. The Kier molecular flexibility index (Phi) is 5.78. The Balaban J connectivity index is 2.99. The Hall–Kier alpha value is 0. The molecule has 0 spiro atoms. The van der Waals surface area contributed by atoms with Crippen LogP contribution in [0.3, 0.4) is 0 Å². The third-order valence-corrected chi connectivity index (χ3v) is 6.82. The summed E-state index contributed by atoms with van der Waals surface area (Å²) in [5.41, 5.74) is 1.63. The third-order valence-electron chi connectivity index (χ3n) is 6.82. The molecule has 20 heavy (non-hydrogen) atoms. The molecule has 1 aliphatic rings. The lowest BCUT2D eigenvalue weighted by Gasteiger charge is -2.62. The predicted octanol–water partition coefficient (Wildman–Crippen LogP) is 7.08. The van der Waals surface area contributed by atoms with Crippen molar-refractivity contribution in [1.29, 1.82) is 0 Å². The van der Waals surface area contributed by atoms with Gasteiger partial charge in [-0.1, -0.05) is 87.5 Å². The van der Waals surface area contributed by atoms with Crippen molar-refractivity contribution in [3.63, 3.8) is 0 Å². The molecule has 0 aliphatic heterocycles. The van der Waals surface area contributed by atoms with Gasteiger partial charge >= 0.3 is 0 Å². The Labute approximate surface area is 129 Å². The zero-order valence-electron chi connectivity index (χ0n) is 15.6. The first-order valence-electron chi connectivity index (χ1n) is 9.18. The van der Waals surface area contributed by atoms with E-state index in [0.29, 0.717) is 16.2 Å². The largest absolute Gasteiger partial charge is 0.0654 e. The van der Waals surface area contributed by atoms with Gasteiger partial charge in [-0.05, 0) is 40.9 Å². The van der Waals surface area contributed by atoms with Gasteiger partial charge < -0.3 is 0 Å². The van der Waals surface area contributed by atoms with Gasteiger partial charge in [0.15, 0.2) is 0 Å². The van der Waals surface area contributed by atoms with Gasteiger partial charge in [0.05, 0.1) is 0 Å². The van der Waals surface area contributed by atoms with E-state index in [9.17, 15) is 0 Å². The molecule has 0 radical (unpaired) electrons. The van der Waals surface area contributed by atoms with Crippen LogP contribution >= 0.6 is 0 Å². The lowest BCUT2D eigenvalue weighted by atomic mass is 9.43. The van der Waals surface area contributed by atoms with Crippen LogP contribution < -0.4 is 0 Å². The highest BCUT2D eigenvalue weighted by Gasteiger charge is 2.56. The second kappa shape index (κ2) is 6.41. The molecule has 120 valence electrons. The van der Waals surface area contributed by atoms with Crippen LogP contribution in [0.2, 0.25) is 0 Å². The van der Waals surface area contributed by atoms with E-state index in [0.717, 1.165) is 11.8 Å². The Morgan fingerprint density at radius 1 is 1.00 bits per heavy atom. The van der Waals surface area contributed by atoms with Gasteiger partial charge in [-0.2, -0.15) is 0 Å². The molecule has 0 aromatic rings. The summed E-state index contributed by atoms with van der Waals surface area (Å²) in [6.07, 6.45) is 9.69. The fraction of sp³-hybridized carbons (Fsp3) is 1.00. The molecule has 0 N–H and O–H groups in total. The zero-order chi connectivity index (χ0) is 15.6. The maximum Gasteiger partial charge on any atom is -0.0277 e. The van der Waals surface area contributed by atoms with Crippen molar-refractivity contribution in [2.45, 2.75) is 100 Å². The normalized spacial score (nSPS) is 33.6. The van der Waals surface area contributed by atoms with Crippen LogP contribution in [0.15, 0.2) is 0 Å². The maximum atomic E-state index is 2.60. The Morgan fingerprint density at radius 2 is 1.60 bits per heavy atom. The van der Waals surface area contributed by atoms with Gasteiger partial charge in [0.2, 0.25) is 0 Å². The molecular formula is C20H40. The third kappa shape index (κ3) is 3.42. The molecule has 0 amide bonds. The van der Waals surface area contributed by atoms with Gasteiger partial charge in [-0.25, -0.2) is 0 Å². The molecule has 0 heteroatoms. The van der Waals surface area contributed by atoms with E-state index in [1.807, 2.05) is 0 Å². The molecule has 1 rings (SSSR count). The molecule has 0 heterocycles. The predicted molar refractivity (Wildman–Crippen MR) is 92.0 cm³/mol. The van der Waals surface area contributed by atoms with Crippen molar-refractivity contribution in [2.75, 3.05) is 0 Å². The van der Waals surface area contributed by atoms with Crippen LogP contribution in [0.5, 0.6) is 0 Å². The van der Waals surface area contributed by atoms with E-state index in [-0.39, 0.29) is 0 Å². The fourth-order valence-corrected chi connectivity index (χ4v) is 5.34. The average molecular weight is 281 g/mol. The molecule has 0 aromatic heterocycles. The first-order chi connectivity index (χ1) is 9.18. The van der Waals surface area contributed by atoms with Gasteiger partial charge in [0.25, 0.3) is 0 Å². The summed E-state index contributed by atoms with van der Waals surface area (Å²) in [5, 5.41) is 0. The molecule has 1 fully saturated rings. The number of rotatable bonds is 8. The van der Waals surface area contributed by atoms with Gasteiger partial charge in [0.1, 0.15) is 0 Å². The zero-order valence-corrected chi connectivity index (χ0v) is 15.6. The summed E-state index contributed by atoms with van der Waals surface area (Å²) in [5.74, 6) is 1.93. The van der Waals surface area contributed by atoms with E-state index in [4.69, 9.17) is 0 Å². The summed E-state index contributed by atoms with van der Waals surface area (Å²) in [7, 11) is 0. The maximum absolute atomic E-state index is 2.60. The van der Waals surface area contributed by atoms with Crippen molar-refractivity contribution in [2.24, 2.45) is 28.1 Å². The van der Waals surface area contributed by atoms with Crippen LogP contribution in [0.4, 0.5) is 0 Å². The summed E-state index contributed by atoms with van der Waals surface area (Å²) in [4.78, 5) is 0.